The summed E-state index contributed by atoms with van der Waals surface area (Å²) < 4.78 is 9.63. The molecule has 0 radical (unpaired) electrons. The van der Waals surface area contributed by atoms with Crippen molar-refractivity contribution in [3.05, 3.63) is 0 Å². The second-order valence-electron chi connectivity index (χ2n) is 6.62. The Balaban J connectivity index is 4.30. The third-order valence-electron chi connectivity index (χ3n) is 5.15. The van der Waals surface area contributed by atoms with Gasteiger partial charge in [0.15, 0.2) is 0 Å². The summed E-state index contributed by atoms with van der Waals surface area (Å²) in [5, 5.41) is 0. The van der Waals surface area contributed by atoms with Crippen molar-refractivity contribution in [2.24, 2.45) is 22.8 Å². The molecule has 0 rings (SSSR count). The molecule has 0 aliphatic carbocycles. The molecule has 0 heterocycles. The van der Waals surface area contributed by atoms with Gasteiger partial charge in [-0.2, -0.15) is 0 Å². The molecule has 142 valence electrons. The van der Waals surface area contributed by atoms with E-state index in [4.69, 9.17) is 20.9 Å². The van der Waals surface area contributed by atoms with Crippen LogP contribution in [0.25, 0.3) is 0 Å². The Bertz CT molecular complexity index is 357. The van der Waals surface area contributed by atoms with Gasteiger partial charge in [-0.3, -0.25) is 0 Å². The Morgan fingerprint density at radius 2 is 1.46 bits per heavy atom. The van der Waals surface area contributed by atoms with Gasteiger partial charge < -0.3 is 20.9 Å². The van der Waals surface area contributed by atoms with Crippen LogP contribution < -0.4 is 11.5 Å². The first-order valence-electron chi connectivity index (χ1n) is 9.23. The zero-order valence-corrected chi connectivity index (χ0v) is 15.6. The van der Waals surface area contributed by atoms with Gasteiger partial charge in [-0.15, -0.1) is 0 Å². The summed E-state index contributed by atoms with van der Waals surface area (Å²) >= 11 is 0. The molecule has 0 aliphatic heterocycles. The second kappa shape index (κ2) is 12.9. The number of hydrogen-bond acceptors (Lipinski definition) is 4. The van der Waals surface area contributed by atoms with Crippen molar-refractivity contribution in [3.8, 4) is 0 Å². The number of unbranched alkanes of at least 4 members (excludes halogenated alkanes) is 1. The fraction of sp³-hybridized carbons (Fsp3) is 0.889. The van der Waals surface area contributed by atoms with E-state index in [2.05, 4.69) is 20.8 Å². The van der Waals surface area contributed by atoms with Crippen LogP contribution in [-0.2, 0) is 9.47 Å². The third kappa shape index (κ3) is 10.3. The zero-order chi connectivity index (χ0) is 18.4. The Kier molecular flexibility index (Phi) is 12.1. The van der Waals surface area contributed by atoms with Gasteiger partial charge >= 0.3 is 12.2 Å². The smallest absolute Gasteiger partial charge is 0.404 e. The minimum Gasteiger partial charge on any atom is -0.450 e. The number of nitrogens with two attached hydrogens (primary N) is 2. The lowest BCUT2D eigenvalue weighted by Crippen LogP contribution is -2.24. The van der Waals surface area contributed by atoms with Gasteiger partial charge in [0.25, 0.3) is 0 Å². The van der Waals surface area contributed by atoms with Crippen molar-refractivity contribution in [2.75, 3.05) is 13.2 Å². The summed E-state index contributed by atoms with van der Waals surface area (Å²) in [6, 6.07) is 0. The summed E-state index contributed by atoms with van der Waals surface area (Å²) in [6.07, 6.45) is 8.13. The fourth-order valence-corrected chi connectivity index (χ4v) is 3.38. The predicted molar refractivity (Wildman–Crippen MR) is 95.6 cm³/mol. The SMILES string of the molecule is CCC(CCCCOC(N)=O)CC(CC)(CC)CCCOC(N)=O. The lowest BCUT2D eigenvalue weighted by molar-refractivity contribution is 0.126. The summed E-state index contributed by atoms with van der Waals surface area (Å²) in [5.41, 5.74) is 10.3. The average molecular weight is 344 g/mol. The van der Waals surface area contributed by atoms with Crippen LogP contribution in [-0.4, -0.2) is 25.4 Å². The van der Waals surface area contributed by atoms with Gasteiger partial charge in [-0.25, -0.2) is 9.59 Å². The van der Waals surface area contributed by atoms with Crippen molar-refractivity contribution < 1.29 is 19.1 Å². The van der Waals surface area contributed by atoms with E-state index in [0.29, 0.717) is 24.5 Å². The molecule has 0 saturated carbocycles. The number of primary amides is 2. The van der Waals surface area contributed by atoms with Gasteiger partial charge in [-0.1, -0.05) is 46.5 Å². The van der Waals surface area contributed by atoms with Crippen LogP contribution in [0.4, 0.5) is 9.59 Å². The van der Waals surface area contributed by atoms with E-state index in [1.165, 1.54) is 6.42 Å². The highest BCUT2D eigenvalue weighted by Crippen LogP contribution is 2.40. The zero-order valence-electron chi connectivity index (χ0n) is 15.6. The van der Waals surface area contributed by atoms with E-state index in [9.17, 15) is 9.59 Å². The minimum atomic E-state index is -0.698. The van der Waals surface area contributed by atoms with Gasteiger partial charge in [0.1, 0.15) is 0 Å². The van der Waals surface area contributed by atoms with Crippen LogP contribution in [0, 0.1) is 11.3 Å². The Labute approximate surface area is 146 Å². The van der Waals surface area contributed by atoms with Crippen molar-refractivity contribution in [1.29, 1.82) is 0 Å². The lowest BCUT2D eigenvalue weighted by atomic mass is 9.70. The molecule has 1 atom stereocenters. The summed E-state index contributed by atoms with van der Waals surface area (Å²) in [6.45, 7) is 7.52. The molecule has 4 N–H and O–H groups in total. The van der Waals surface area contributed by atoms with Crippen LogP contribution in [0.5, 0.6) is 0 Å². The van der Waals surface area contributed by atoms with Crippen LogP contribution in [0.1, 0.15) is 78.6 Å². The molecular formula is C18H36N2O4. The molecule has 1 unspecified atom stereocenters. The third-order valence-corrected chi connectivity index (χ3v) is 5.15. The van der Waals surface area contributed by atoms with Crippen molar-refractivity contribution >= 4 is 12.2 Å². The highest BCUT2D eigenvalue weighted by atomic mass is 16.5. The number of ether oxygens (including phenoxy) is 2. The predicted octanol–water partition coefficient (Wildman–Crippen LogP) is 4.35. The average Bonchev–Trinajstić information content (AvgIpc) is 2.55. The highest BCUT2D eigenvalue weighted by Gasteiger charge is 2.28. The topological polar surface area (TPSA) is 105 Å². The summed E-state index contributed by atoms with van der Waals surface area (Å²) in [4.78, 5) is 21.2. The van der Waals surface area contributed by atoms with Gasteiger partial charge in [0, 0.05) is 0 Å². The molecule has 0 fully saturated rings. The molecular weight excluding hydrogens is 308 g/mol. The van der Waals surface area contributed by atoms with E-state index in [-0.39, 0.29) is 0 Å². The Morgan fingerprint density at radius 3 is 1.92 bits per heavy atom. The number of carbonyl (C=O) groups excluding carboxylic acids is 2. The maximum Gasteiger partial charge on any atom is 0.404 e. The maximum absolute atomic E-state index is 10.7. The molecule has 0 aromatic carbocycles. The molecule has 0 aliphatic rings. The largest absolute Gasteiger partial charge is 0.450 e. The number of carbonyl (C=O) groups is 2. The summed E-state index contributed by atoms with van der Waals surface area (Å²) in [7, 11) is 0. The number of rotatable bonds is 14. The normalized spacial score (nSPS) is 12.6. The number of hydrogen-bond donors (Lipinski definition) is 2. The molecule has 6 nitrogen and oxygen atoms in total. The summed E-state index contributed by atoms with van der Waals surface area (Å²) in [5.74, 6) is 0.663. The van der Waals surface area contributed by atoms with Crippen molar-refractivity contribution in [1.82, 2.24) is 0 Å². The van der Waals surface area contributed by atoms with Gasteiger partial charge in [0.05, 0.1) is 13.2 Å². The molecule has 24 heavy (non-hydrogen) atoms. The van der Waals surface area contributed by atoms with E-state index < -0.39 is 12.2 Å². The van der Waals surface area contributed by atoms with E-state index >= 15 is 0 Å². The molecule has 0 aromatic rings. The van der Waals surface area contributed by atoms with Crippen molar-refractivity contribution in [2.45, 2.75) is 78.6 Å². The molecule has 0 aromatic heterocycles. The Morgan fingerprint density at radius 1 is 0.917 bits per heavy atom. The quantitative estimate of drug-likeness (QED) is 0.457. The second-order valence-corrected chi connectivity index (χ2v) is 6.62. The van der Waals surface area contributed by atoms with Crippen LogP contribution in [0.2, 0.25) is 0 Å². The van der Waals surface area contributed by atoms with E-state index in [1.807, 2.05) is 0 Å². The molecule has 6 heteroatoms. The monoisotopic (exact) mass is 344 g/mol. The maximum atomic E-state index is 10.7. The first-order valence-corrected chi connectivity index (χ1v) is 9.23. The van der Waals surface area contributed by atoms with E-state index in [1.54, 1.807) is 0 Å². The highest BCUT2D eigenvalue weighted by molar-refractivity contribution is 5.64. The Hall–Kier alpha value is -1.46. The van der Waals surface area contributed by atoms with Crippen LogP contribution in [0.3, 0.4) is 0 Å². The van der Waals surface area contributed by atoms with Crippen LogP contribution >= 0.6 is 0 Å². The molecule has 0 saturated heterocycles. The molecule has 0 bridgehead atoms. The van der Waals surface area contributed by atoms with Crippen molar-refractivity contribution in [3.63, 3.8) is 0 Å². The fourth-order valence-electron chi connectivity index (χ4n) is 3.38. The van der Waals surface area contributed by atoms with E-state index in [0.717, 1.165) is 51.4 Å². The first-order chi connectivity index (χ1) is 11.4. The first kappa shape index (κ1) is 22.5. The number of amides is 2. The van der Waals surface area contributed by atoms with Gasteiger partial charge in [-0.05, 0) is 43.4 Å². The van der Waals surface area contributed by atoms with Gasteiger partial charge in [0.2, 0.25) is 0 Å². The standard InChI is InChI=1S/C18H36N2O4/c1-4-15(10-7-8-12-23-16(19)21)14-18(5-2,6-3)11-9-13-24-17(20)22/h15H,4-14H2,1-3H3,(H2,19,21)(H2,20,22). The minimum absolute atomic E-state index is 0.297. The molecule has 2 amide bonds. The lowest BCUT2D eigenvalue weighted by Gasteiger charge is -2.35. The van der Waals surface area contributed by atoms with Crippen LogP contribution in [0.15, 0.2) is 0 Å². The molecule has 0 spiro atoms.